The molecule has 2 aromatic carbocycles. The number of rotatable bonds is 1. The van der Waals surface area contributed by atoms with E-state index in [1.54, 1.807) is 11.5 Å². The van der Waals surface area contributed by atoms with Gasteiger partial charge < -0.3 is 5.11 Å². The van der Waals surface area contributed by atoms with E-state index in [9.17, 15) is 5.11 Å². The number of hydrogen-bond donors (Lipinski definition) is 3. The summed E-state index contributed by atoms with van der Waals surface area (Å²) in [5, 5.41) is 11.4. The van der Waals surface area contributed by atoms with Crippen molar-refractivity contribution >= 4 is 17.2 Å². The Hall–Kier alpha value is -2.07. The van der Waals surface area contributed by atoms with E-state index in [1.165, 1.54) is 0 Å². The fraction of sp³-hybridized carbons (Fsp3) is 0. The topological polar surface area (TPSA) is 75.3 Å². The van der Waals surface area contributed by atoms with Gasteiger partial charge in [0.15, 0.2) is 0 Å². The highest BCUT2D eigenvalue weighted by atomic mass is 16.3. The summed E-state index contributed by atoms with van der Waals surface area (Å²) in [7, 11) is 0. The van der Waals surface area contributed by atoms with Gasteiger partial charge in [0, 0.05) is 5.39 Å². The molecule has 1 amide bonds. The first-order chi connectivity index (χ1) is 7.29. The Bertz CT molecular complexity index is 438. The highest BCUT2D eigenvalue weighted by molar-refractivity contribution is 5.87. The van der Waals surface area contributed by atoms with E-state index in [0.717, 1.165) is 10.8 Å². The van der Waals surface area contributed by atoms with Crippen LogP contribution in [0.25, 0.3) is 10.8 Å². The van der Waals surface area contributed by atoms with Crippen LogP contribution >= 0.6 is 0 Å². The molecule has 4 N–H and O–H groups in total. The van der Waals surface area contributed by atoms with Gasteiger partial charge in [0.1, 0.15) is 5.75 Å². The molecule has 15 heavy (non-hydrogen) atoms. The van der Waals surface area contributed by atoms with Crippen LogP contribution in [0, 0.1) is 0 Å². The molecule has 0 aromatic heterocycles. The van der Waals surface area contributed by atoms with Crippen LogP contribution < -0.4 is 11.3 Å². The predicted molar refractivity (Wildman–Crippen MR) is 59.0 cm³/mol. The van der Waals surface area contributed by atoms with Gasteiger partial charge in [0.05, 0.1) is 0 Å². The average Bonchev–Trinajstić information content (AvgIpc) is 2.30. The molecule has 0 heterocycles. The monoisotopic (exact) mass is 204 g/mol. The van der Waals surface area contributed by atoms with Gasteiger partial charge in [0.25, 0.3) is 0 Å². The molecule has 0 bridgehead atoms. The van der Waals surface area contributed by atoms with E-state index in [0.29, 0.717) is 12.2 Å². The first-order valence-corrected chi connectivity index (χ1v) is 4.36. The summed E-state index contributed by atoms with van der Waals surface area (Å²) in [5.41, 5.74) is 1.75. The molecule has 0 aliphatic heterocycles. The first kappa shape index (κ1) is 11.0. The SMILES string of the molecule is NNC=O.Oc1cccc2ccccc12. The van der Waals surface area contributed by atoms with E-state index >= 15 is 0 Å². The van der Waals surface area contributed by atoms with Crippen LogP contribution in [-0.4, -0.2) is 11.5 Å². The molecule has 0 saturated carbocycles. The van der Waals surface area contributed by atoms with Crippen LogP contribution in [0.3, 0.4) is 0 Å². The fourth-order valence-electron chi connectivity index (χ4n) is 1.21. The molecule has 0 unspecified atom stereocenters. The Morgan fingerprint density at radius 2 is 1.73 bits per heavy atom. The third-order valence-electron chi connectivity index (χ3n) is 1.83. The summed E-state index contributed by atoms with van der Waals surface area (Å²) in [4.78, 5) is 8.94. The second-order valence-electron chi connectivity index (χ2n) is 2.78. The van der Waals surface area contributed by atoms with Crippen LogP contribution in [0.1, 0.15) is 0 Å². The molecule has 0 aliphatic rings. The van der Waals surface area contributed by atoms with Crippen LogP contribution in [0.5, 0.6) is 5.75 Å². The number of benzene rings is 2. The van der Waals surface area contributed by atoms with Crippen molar-refractivity contribution in [2.24, 2.45) is 5.84 Å². The maximum atomic E-state index is 9.37. The third kappa shape index (κ3) is 2.96. The molecule has 4 nitrogen and oxygen atoms in total. The summed E-state index contributed by atoms with van der Waals surface area (Å²) in [6.45, 7) is 0. The summed E-state index contributed by atoms with van der Waals surface area (Å²) >= 11 is 0. The molecule has 0 saturated heterocycles. The van der Waals surface area contributed by atoms with E-state index in [-0.39, 0.29) is 0 Å². The van der Waals surface area contributed by atoms with Crippen LogP contribution in [0.15, 0.2) is 42.5 Å². The smallest absolute Gasteiger partial charge is 0.221 e. The summed E-state index contributed by atoms with van der Waals surface area (Å²) in [6, 6.07) is 13.3. The van der Waals surface area contributed by atoms with Crippen LogP contribution in [0.2, 0.25) is 0 Å². The minimum Gasteiger partial charge on any atom is -0.507 e. The molecule has 0 spiro atoms. The molecule has 0 fully saturated rings. The largest absolute Gasteiger partial charge is 0.507 e. The lowest BCUT2D eigenvalue weighted by atomic mass is 10.1. The van der Waals surface area contributed by atoms with Crippen molar-refractivity contribution in [2.75, 3.05) is 0 Å². The van der Waals surface area contributed by atoms with Gasteiger partial charge in [-0.3, -0.25) is 10.2 Å². The Balaban J connectivity index is 0.000000245. The zero-order chi connectivity index (χ0) is 11.1. The van der Waals surface area contributed by atoms with Gasteiger partial charge in [0.2, 0.25) is 6.41 Å². The standard InChI is InChI=1S/C10H8O.CH4N2O/c11-10-7-3-5-8-4-1-2-6-9(8)10;2-3-1-4/h1-7,11H;1H,2H2,(H,3,4). The van der Waals surface area contributed by atoms with Gasteiger partial charge in [-0.2, -0.15) is 0 Å². The number of amides is 1. The zero-order valence-electron chi connectivity index (χ0n) is 8.05. The Morgan fingerprint density at radius 3 is 2.33 bits per heavy atom. The lowest BCUT2D eigenvalue weighted by Gasteiger charge is -1.97. The molecule has 2 rings (SSSR count). The molecular formula is C11H12N2O2. The molecule has 0 radical (unpaired) electrons. The minimum atomic E-state index is 0.350. The summed E-state index contributed by atoms with van der Waals surface area (Å²) < 4.78 is 0. The number of nitrogens with one attached hydrogen (secondary N) is 1. The number of nitrogens with two attached hydrogens (primary N) is 1. The van der Waals surface area contributed by atoms with Crippen molar-refractivity contribution in [2.45, 2.75) is 0 Å². The van der Waals surface area contributed by atoms with E-state index in [2.05, 4.69) is 5.84 Å². The molecule has 0 aliphatic carbocycles. The van der Waals surface area contributed by atoms with Crippen LogP contribution in [0.4, 0.5) is 0 Å². The van der Waals surface area contributed by atoms with Crippen molar-refractivity contribution in [3.05, 3.63) is 42.5 Å². The van der Waals surface area contributed by atoms with E-state index < -0.39 is 0 Å². The second kappa shape index (κ2) is 5.62. The van der Waals surface area contributed by atoms with Gasteiger partial charge in [-0.15, -0.1) is 0 Å². The number of hydrazine groups is 1. The van der Waals surface area contributed by atoms with Crippen molar-refractivity contribution in [1.82, 2.24) is 5.43 Å². The Labute approximate surface area is 87.3 Å². The number of aromatic hydroxyl groups is 1. The zero-order valence-corrected chi connectivity index (χ0v) is 8.05. The lowest BCUT2D eigenvalue weighted by Crippen LogP contribution is -2.18. The van der Waals surface area contributed by atoms with Gasteiger partial charge >= 0.3 is 0 Å². The number of phenolic OH excluding ortho intramolecular Hbond substituents is 1. The van der Waals surface area contributed by atoms with Gasteiger partial charge in [-0.05, 0) is 11.5 Å². The number of fused-ring (bicyclic) bond motifs is 1. The van der Waals surface area contributed by atoms with Gasteiger partial charge in [-0.1, -0.05) is 36.4 Å². The minimum absolute atomic E-state index is 0.350. The average molecular weight is 204 g/mol. The molecular weight excluding hydrogens is 192 g/mol. The van der Waals surface area contributed by atoms with Crippen molar-refractivity contribution in [3.8, 4) is 5.75 Å². The number of hydrogen-bond acceptors (Lipinski definition) is 3. The van der Waals surface area contributed by atoms with Gasteiger partial charge in [-0.25, -0.2) is 5.84 Å². The fourth-order valence-corrected chi connectivity index (χ4v) is 1.21. The number of phenols is 1. The molecule has 2 aromatic rings. The Kier molecular flexibility index (Phi) is 4.12. The quantitative estimate of drug-likeness (QED) is 0.282. The predicted octanol–water partition coefficient (Wildman–Crippen LogP) is 1.15. The van der Waals surface area contributed by atoms with Crippen LogP contribution in [-0.2, 0) is 4.79 Å². The maximum Gasteiger partial charge on any atom is 0.221 e. The first-order valence-electron chi connectivity index (χ1n) is 4.36. The highest BCUT2D eigenvalue weighted by Gasteiger charge is 1.94. The third-order valence-corrected chi connectivity index (χ3v) is 1.83. The molecule has 78 valence electrons. The summed E-state index contributed by atoms with van der Waals surface area (Å²) in [5.74, 6) is 4.76. The van der Waals surface area contributed by atoms with E-state index in [4.69, 9.17) is 4.79 Å². The van der Waals surface area contributed by atoms with Crippen molar-refractivity contribution in [3.63, 3.8) is 0 Å². The Morgan fingerprint density at radius 1 is 1.13 bits per heavy atom. The number of carbonyl (C=O) groups excluding carboxylic acids is 1. The normalized spacial score (nSPS) is 8.87. The van der Waals surface area contributed by atoms with Crippen molar-refractivity contribution in [1.29, 1.82) is 0 Å². The second-order valence-corrected chi connectivity index (χ2v) is 2.78. The van der Waals surface area contributed by atoms with E-state index in [1.807, 2.05) is 36.4 Å². The lowest BCUT2D eigenvalue weighted by molar-refractivity contribution is -0.109. The molecule has 0 atom stereocenters. The van der Waals surface area contributed by atoms with Crippen molar-refractivity contribution < 1.29 is 9.90 Å². The molecule has 4 heteroatoms. The highest BCUT2D eigenvalue weighted by Crippen LogP contribution is 2.22. The number of carbonyl (C=O) groups is 1. The maximum absolute atomic E-state index is 9.37. The summed E-state index contributed by atoms with van der Waals surface area (Å²) in [6.07, 6.45) is 0.403.